The van der Waals surface area contributed by atoms with Gasteiger partial charge in [0.1, 0.15) is 0 Å². The summed E-state index contributed by atoms with van der Waals surface area (Å²) in [6.07, 6.45) is 5.27. The molecule has 0 fully saturated rings. The summed E-state index contributed by atoms with van der Waals surface area (Å²) < 4.78 is 5.26. The number of hydrogen-bond donors (Lipinski definition) is 1. The van der Waals surface area contributed by atoms with Crippen LogP contribution in [0.15, 0.2) is 60.2 Å². The van der Waals surface area contributed by atoms with Crippen molar-refractivity contribution < 1.29 is 9.53 Å². The van der Waals surface area contributed by atoms with Crippen LogP contribution in [0, 0.1) is 0 Å². The Balaban J connectivity index is 1.34. The van der Waals surface area contributed by atoms with Crippen molar-refractivity contribution >= 4 is 22.4 Å². The number of hydrogen-bond acceptors (Lipinski definition) is 6. The predicted molar refractivity (Wildman–Crippen MR) is 99.8 cm³/mol. The fraction of sp³-hybridized carbons (Fsp3) is 0.211. The van der Waals surface area contributed by atoms with E-state index in [2.05, 4.69) is 15.3 Å². The molecule has 3 aromatic rings. The minimum Gasteiger partial charge on any atom is -0.462 e. The van der Waals surface area contributed by atoms with E-state index in [4.69, 9.17) is 4.74 Å². The average molecular weight is 353 g/mol. The molecule has 1 aromatic carbocycles. The van der Waals surface area contributed by atoms with Crippen LogP contribution in [0.25, 0.3) is 11.3 Å². The number of anilines is 1. The Morgan fingerprint density at radius 1 is 1.12 bits per heavy atom. The molecule has 6 heteroatoms. The fourth-order valence-electron chi connectivity index (χ4n) is 2.25. The summed E-state index contributed by atoms with van der Waals surface area (Å²) in [4.78, 5) is 20.4. The number of unbranched alkanes of at least 4 members (excludes halogenated alkanes) is 1. The van der Waals surface area contributed by atoms with Crippen LogP contribution in [0.3, 0.4) is 0 Å². The van der Waals surface area contributed by atoms with Gasteiger partial charge in [0.25, 0.3) is 0 Å². The lowest BCUT2D eigenvalue weighted by molar-refractivity contribution is 0.0499. The van der Waals surface area contributed by atoms with Gasteiger partial charge in [0.15, 0.2) is 5.13 Å². The van der Waals surface area contributed by atoms with Crippen LogP contribution < -0.4 is 5.32 Å². The Kier molecular flexibility index (Phi) is 6.11. The number of thiazole rings is 1. The SMILES string of the molecule is O=C(OCCCCNc1nc(-c2cccnc2)cs1)c1ccccc1. The third-order valence-electron chi connectivity index (χ3n) is 3.55. The van der Waals surface area contributed by atoms with Gasteiger partial charge in [-0.15, -0.1) is 11.3 Å². The van der Waals surface area contributed by atoms with Crippen molar-refractivity contribution in [1.82, 2.24) is 9.97 Å². The third kappa shape index (κ3) is 5.12. The summed E-state index contributed by atoms with van der Waals surface area (Å²) in [6, 6.07) is 12.9. The van der Waals surface area contributed by atoms with Gasteiger partial charge in [-0.3, -0.25) is 4.98 Å². The molecule has 0 amide bonds. The van der Waals surface area contributed by atoms with E-state index in [9.17, 15) is 4.79 Å². The van der Waals surface area contributed by atoms with E-state index in [-0.39, 0.29) is 5.97 Å². The fourth-order valence-corrected chi connectivity index (χ4v) is 3.00. The van der Waals surface area contributed by atoms with E-state index in [0.29, 0.717) is 12.2 Å². The second-order valence-electron chi connectivity index (χ2n) is 5.42. The first-order valence-electron chi connectivity index (χ1n) is 8.15. The Morgan fingerprint density at radius 3 is 2.80 bits per heavy atom. The van der Waals surface area contributed by atoms with Crippen LogP contribution >= 0.6 is 11.3 Å². The second-order valence-corrected chi connectivity index (χ2v) is 6.27. The average Bonchev–Trinajstić information content (AvgIpc) is 3.15. The van der Waals surface area contributed by atoms with E-state index < -0.39 is 0 Å². The molecular formula is C19H19N3O2S. The van der Waals surface area contributed by atoms with Crippen molar-refractivity contribution in [3.63, 3.8) is 0 Å². The first kappa shape index (κ1) is 17.1. The van der Waals surface area contributed by atoms with Crippen LogP contribution in [-0.4, -0.2) is 29.1 Å². The third-order valence-corrected chi connectivity index (χ3v) is 4.35. The van der Waals surface area contributed by atoms with Gasteiger partial charge in [-0.1, -0.05) is 18.2 Å². The highest BCUT2D eigenvalue weighted by Crippen LogP contribution is 2.23. The minimum atomic E-state index is -0.269. The van der Waals surface area contributed by atoms with Gasteiger partial charge in [0.2, 0.25) is 0 Å². The molecular weight excluding hydrogens is 334 g/mol. The van der Waals surface area contributed by atoms with Gasteiger partial charge in [-0.25, -0.2) is 9.78 Å². The number of ether oxygens (including phenoxy) is 1. The van der Waals surface area contributed by atoms with E-state index in [1.165, 1.54) is 0 Å². The van der Waals surface area contributed by atoms with Crippen molar-refractivity contribution in [2.24, 2.45) is 0 Å². The van der Waals surface area contributed by atoms with Crippen LogP contribution in [0.5, 0.6) is 0 Å². The Bertz CT molecular complexity index is 791. The number of nitrogens with zero attached hydrogens (tertiary/aromatic N) is 2. The number of pyridine rings is 1. The zero-order valence-corrected chi connectivity index (χ0v) is 14.5. The number of carbonyl (C=O) groups excluding carboxylic acids is 1. The summed E-state index contributed by atoms with van der Waals surface area (Å²) in [5, 5.41) is 6.21. The summed E-state index contributed by atoms with van der Waals surface area (Å²) in [7, 11) is 0. The molecule has 0 aliphatic rings. The topological polar surface area (TPSA) is 64.1 Å². The van der Waals surface area contributed by atoms with Crippen LogP contribution in [0.4, 0.5) is 5.13 Å². The molecule has 0 saturated heterocycles. The van der Waals surface area contributed by atoms with Crippen LogP contribution in [0.1, 0.15) is 23.2 Å². The highest BCUT2D eigenvalue weighted by atomic mass is 32.1. The summed E-state index contributed by atoms with van der Waals surface area (Å²) in [6.45, 7) is 1.22. The zero-order valence-electron chi connectivity index (χ0n) is 13.7. The normalized spacial score (nSPS) is 10.4. The van der Waals surface area contributed by atoms with Gasteiger partial charge in [-0.05, 0) is 37.1 Å². The van der Waals surface area contributed by atoms with Crippen LogP contribution in [0.2, 0.25) is 0 Å². The molecule has 128 valence electrons. The van der Waals surface area contributed by atoms with E-state index in [0.717, 1.165) is 35.8 Å². The Morgan fingerprint density at radius 2 is 2.00 bits per heavy atom. The van der Waals surface area contributed by atoms with Crippen molar-refractivity contribution in [3.8, 4) is 11.3 Å². The molecule has 0 bridgehead atoms. The lowest BCUT2D eigenvalue weighted by atomic mass is 10.2. The van der Waals surface area contributed by atoms with E-state index >= 15 is 0 Å². The maximum absolute atomic E-state index is 11.8. The highest BCUT2D eigenvalue weighted by molar-refractivity contribution is 7.14. The molecule has 0 radical (unpaired) electrons. The number of nitrogens with one attached hydrogen (secondary N) is 1. The molecule has 0 spiro atoms. The lowest BCUT2D eigenvalue weighted by Crippen LogP contribution is -2.08. The van der Waals surface area contributed by atoms with Gasteiger partial charge < -0.3 is 10.1 Å². The van der Waals surface area contributed by atoms with Gasteiger partial charge in [-0.2, -0.15) is 0 Å². The Labute approximate surface area is 150 Å². The van der Waals surface area contributed by atoms with Crippen LogP contribution in [-0.2, 0) is 4.74 Å². The van der Waals surface area contributed by atoms with Gasteiger partial charge in [0, 0.05) is 29.9 Å². The molecule has 25 heavy (non-hydrogen) atoms. The van der Waals surface area contributed by atoms with Crippen molar-refractivity contribution in [3.05, 3.63) is 65.8 Å². The predicted octanol–water partition coefficient (Wildman–Crippen LogP) is 4.25. The molecule has 0 aliphatic heterocycles. The summed E-state index contributed by atoms with van der Waals surface area (Å²) >= 11 is 1.57. The molecule has 5 nitrogen and oxygen atoms in total. The highest BCUT2D eigenvalue weighted by Gasteiger charge is 2.06. The molecule has 0 atom stereocenters. The molecule has 3 rings (SSSR count). The standard InChI is InChI=1S/C19H19N3O2S/c23-18(15-7-2-1-3-8-15)24-12-5-4-11-21-19-22-17(14-25-19)16-9-6-10-20-13-16/h1-3,6-10,13-14H,4-5,11-12H2,(H,21,22). The first-order valence-corrected chi connectivity index (χ1v) is 9.03. The molecule has 0 saturated carbocycles. The van der Waals surface area contributed by atoms with Crippen molar-refractivity contribution in [1.29, 1.82) is 0 Å². The van der Waals surface area contributed by atoms with Gasteiger partial charge in [0.05, 0.1) is 17.9 Å². The maximum Gasteiger partial charge on any atom is 0.338 e. The minimum absolute atomic E-state index is 0.269. The monoisotopic (exact) mass is 353 g/mol. The lowest BCUT2D eigenvalue weighted by Gasteiger charge is -2.05. The number of carbonyl (C=O) groups is 1. The van der Waals surface area contributed by atoms with Crippen molar-refractivity contribution in [2.45, 2.75) is 12.8 Å². The van der Waals surface area contributed by atoms with Gasteiger partial charge >= 0.3 is 5.97 Å². The van der Waals surface area contributed by atoms with E-state index in [1.807, 2.05) is 35.7 Å². The second kappa shape index (κ2) is 8.94. The number of esters is 1. The number of benzene rings is 1. The molecule has 2 heterocycles. The van der Waals surface area contributed by atoms with Crippen molar-refractivity contribution in [2.75, 3.05) is 18.5 Å². The smallest absolute Gasteiger partial charge is 0.338 e. The molecule has 0 unspecified atom stereocenters. The first-order chi connectivity index (χ1) is 12.3. The van der Waals surface area contributed by atoms with E-state index in [1.54, 1.807) is 35.9 Å². The zero-order chi connectivity index (χ0) is 17.3. The quantitative estimate of drug-likeness (QED) is 0.484. The molecule has 1 N–H and O–H groups in total. The molecule has 0 aliphatic carbocycles. The number of rotatable bonds is 8. The largest absolute Gasteiger partial charge is 0.462 e. The summed E-state index contributed by atoms with van der Waals surface area (Å²) in [5.41, 5.74) is 2.53. The number of aromatic nitrogens is 2. The Hall–Kier alpha value is -2.73. The molecule has 2 aromatic heterocycles. The maximum atomic E-state index is 11.8. The summed E-state index contributed by atoms with van der Waals surface area (Å²) in [5.74, 6) is -0.269.